The predicted molar refractivity (Wildman–Crippen MR) is 96.9 cm³/mol. The zero-order valence-electron chi connectivity index (χ0n) is 13.9. The molecule has 128 valence electrons. The molecule has 0 atom stereocenters. The first kappa shape index (κ1) is 17.2. The van der Waals surface area contributed by atoms with E-state index in [9.17, 15) is 12.8 Å². The lowest BCUT2D eigenvalue weighted by Crippen LogP contribution is -1.96. The van der Waals surface area contributed by atoms with E-state index in [2.05, 4.69) is 0 Å². The lowest BCUT2D eigenvalue weighted by Gasteiger charge is -2.12. The number of methoxy groups -OCH3 is 1. The molecule has 0 bridgehead atoms. The molecule has 5 heteroatoms. The van der Waals surface area contributed by atoms with Crippen molar-refractivity contribution in [3.05, 3.63) is 72.5 Å². The normalized spacial score (nSPS) is 11.3. The van der Waals surface area contributed by atoms with Crippen LogP contribution in [0.3, 0.4) is 0 Å². The molecule has 3 aromatic rings. The van der Waals surface area contributed by atoms with Crippen LogP contribution >= 0.6 is 0 Å². The van der Waals surface area contributed by atoms with Crippen LogP contribution in [0, 0.1) is 5.82 Å². The van der Waals surface area contributed by atoms with Gasteiger partial charge in [-0.15, -0.1) is 0 Å². The third kappa shape index (κ3) is 3.56. The standard InChI is InChI=1S/C20H17FO3S/c1-24-20-13-15(9-12-19(20)21)18-6-4-3-5-17(18)14-7-10-16(11-8-14)25(2,22)23/h3-13H,1-2H3. The summed E-state index contributed by atoms with van der Waals surface area (Å²) >= 11 is 0. The van der Waals surface area contributed by atoms with Crippen molar-refractivity contribution in [2.24, 2.45) is 0 Å². The average Bonchev–Trinajstić information content (AvgIpc) is 2.61. The van der Waals surface area contributed by atoms with Gasteiger partial charge in [-0.25, -0.2) is 12.8 Å². The van der Waals surface area contributed by atoms with Crippen molar-refractivity contribution < 1.29 is 17.5 Å². The van der Waals surface area contributed by atoms with E-state index in [-0.39, 0.29) is 10.6 Å². The second-order valence-electron chi connectivity index (χ2n) is 5.69. The highest BCUT2D eigenvalue weighted by atomic mass is 32.2. The van der Waals surface area contributed by atoms with Gasteiger partial charge in [-0.1, -0.05) is 42.5 Å². The van der Waals surface area contributed by atoms with Crippen molar-refractivity contribution in [3.63, 3.8) is 0 Å². The maximum Gasteiger partial charge on any atom is 0.175 e. The zero-order chi connectivity index (χ0) is 18.0. The Hall–Kier alpha value is -2.66. The minimum absolute atomic E-state index is 0.180. The Morgan fingerprint density at radius 2 is 1.40 bits per heavy atom. The molecular weight excluding hydrogens is 339 g/mol. The van der Waals surface area contributed by atoms with E-state index < -0.39 is 15.7 Å². The molecule has 0 aliphatic heterocycles. The fraction of sp³-hybridized carbons (Fsp3) is 0.100. The van der Waals surface area contributed by atoms with Gasteiger partial charge in [-0.3, -0.25) is 0 Å². The van der Waals surface area contributed by atoms with Gasteiger partial charge < -0.3 is 4.74 Å². The zero-order valence-corrected chi connectivity index (χ0v) is 14.7. The first-order valence-electron chi connectivity index (χ1n) is 7.63. The SMILES string of the molecule is COc1cc(-c2ccccc2-c2ccc(S(C)(=O)=O)cc2)ccc1F. The number of halogens is 1. The largest absolute Gasteiger partial charge is 0.494 e. The molecule has 0 aliphatic rings. The van der Waals surface area contributed by atoms with Crippen LogP contribution in [0.5, 0.6) is 5.75 Å². The summed E-state index contributed by atoms with van der Waals surface area (Å²) in [4.78, 5) is 0.275. The second-order valence-corrected chi connectivity index (χ2v) is 7.71. The minimum Gasteiger partial charge on any atom is -0.494 e. The molecule has 0 fully saturated rings. The predicted octanol–water partition coefficient (Wildman–Crippen LogP) is 4.57. The Labute approximate surface area is 146 Å². The molecule has 0 saturated carbocycles. The molecule has 0 spiro atoms. The molecule has 3 rings (SSSR count). The van der Waals surface area contributed by atoms with Crippen molar-refractivity contribution in [3.8, 4) is 28.0 Å². The molecule has 3 nitrogen and oxygen atoms in total. The molecule has 0 aliphatic carbocycles. The maximum absolute atomic E-state index is 13.7. The number of benzene rings is 3. The molecule has 0 saturated heterocycles. The summed E-state index contributed by atoms with van der Waals surface area (Å²) in [5.74, 6) is -0.235. The van der Waals surface area contributed by atoms with E-state index in [0.29, 0.717) is 0 Å². The van der Waals surface area contributed by atoms with Crippen molar-refractivity contribution in [1.29, 1.82) is 0 Å². The summed E-state index contributed by atoms with van der Waals surface area (Å²) in [6.45, 7) is 0. The van der Waals surface area contributed by atoms with E-state index >= 15 is 0 Å². The second kappa shape index (κ2) is 6.69. The van der Waals surface area contributed by atoms with Gasteiger partial charge in [0.15, 0.2) is 21.4 Å². The average molecular weight is 356 g/mol. The van der Waals surface area contributed by atoms with Crippen molar-refractivity contribution in [2.75, 3.05) is 13.4 Å². The summed E-state index contributed by atoms with van der Waals surface area (Å²) in [7, 11) is -1.81. The van der Waals surface area contributed by atoms with Crippen LogP contribution in [0.1, 0.15) is 0 Å². The monoisotopic (exact) mass is 356 g/mol. The quantitative estimate of drug-likeness (QED) is 0.688. The fourth-order valence-electron chi connectivity index (χ4n) is 2.70. The lowest BCUT2D eigenvalue weighted by atomic mass is 9.94. The molecule has 0 aromatic heterocycles. The lowest BCUT2D eigenvalue weighted by molar-refractivity contribution is 0.387. The van der Waals surface area contributed by atoms with E-state index in [0.717, 1.165) is 22.3 Å². The van der Waals surface area contributed by atoms with Gasteiger partial charge in [0, 0.05) is 6.26 Å². The van der Waals surface area contributed by atoms with Gasteiger partial charge >= 0.3 is 0 Å². The molecule has 25 heavy (non-hydrogen) atoms. The molecular formula is C20H17FO3S. The van der Waals surface area contributed by atoms with E-state index in [1.165, 1.54) is 19.4 Å². The highest BCUT2D eigenvalue weighted by Gasteiger charge is 2.12. The summed E-state index contributed by atoms with van der Waals surface area (Å²) in [6, 6.07) is 19.1. The first-order chi connectivity index (χ1) is 11.9. The number of sulfone groups is 1. The van der Waals surface area contributed by atoms with Crippen molar-refractivity contribution in [1.82, 2.24) is 0 Å². The van der Waals surface area contributed by atoms with Crippen LogP contribution in [0.15, 0.2) is 71.6 Å². The van der Waals surface area contributed by atoms with Crippen LogP contribution in [-0.2, 0) is 9.84 Å². The van der Waals surface area contributed by atoms with Crippen molar-refractivity contribution in [2.45, 2.75) is 4.90 Å². The van der Waals surface area contributed by atoms with E-state index in [1.807, 2.05) is 24.3 Å². The first-order valence-corrected chi connectivity index (χ1v) is 9.53. The van der Waals surface area contributed by atoms with Gasteiger partial charge in [-0.05, 0) is 46.5 Å². The van der Waals surface area contributed by atoms with E-state index in [1.54, 1.807) is 36.4 Å². The fourth-order valence-corrected chi connectivity index (χ4v) is 3.33. The number of ether oxygens (including phenoxy) is 1. The highest BCUT2D eigenvalue weighted by molar-refractivity contribution is 7.90. The summed E-state index contributed by atoms with van der Waals surface area (Å²) in [6.07, 6.45) is 1.18. The molecule has 0 amide bonds. The Kier molecular flexibility index (Phi) is 4.59. The van der Waals surface area contributed by atoms with Crippen LogP contribution < -0.4 is 4.74 Å². The molecule has 3 aromatic carbocycles. The Bertz CT molecular complexity index is 1010. The third-order valence-electron chi connectivity index (χ3n) is 3.98. The highest BCUT2D eigenvalue weighted by Crippen LogP contribution is 2.34. The smallest absolute Gasteiger partial charge is 0.175 e. The number of rotatable bonds is 4. The number of hydrogen-bond acceptors (Lipinski definition) is 3. The van der Waals surface area contributed by atoms with E-state index in [4.69, 9.17) is 4.74 Å². The van der Waals surface area contributed by atoms with Crippen molar-refractivity contribution >= 4 is 9.84 Å². The Balaban J connectivity index is 2.11. The number of hydrogen-bond donors (Lipinski definition) is 0. The minimum atomic E-state index is -3.24. The van der Waals surface area contributed by atoms with Gasteiger partial charge in [0.05, 0.1) is 12.0 Å². The Morgan fingerprint density at radius 3 is 1.96 bits per heavy atom. The third-order valence-corrected chi connectivity index (χ3v) is 5.11. The topological polar surface area (TPSA) is 43.4 Å². The summed E-state index contributed by atoms with van der Waals surface area (Å²) in [5, 5.41) is 0. The van der Waals surface area contributed by atoms with Crippen LogP contribution in [0.4, 0.5) is 4.39 Å². The molecule has 0 radical (unpaired) electrons. The van der Waals surface area contributed by atoms with Gasteiger partial charge in [-0.2, -0.15) is 0 Å². The summed E-state index contributed by atoms with van der Waals surface area (Å²) < 4.78 is 42.0. The van der Waals surface area contributed by atoms with Crippen LogP contribution in [0.2, 0.25) is 0 Å². The van der Waals surface area contributed by atoms with Gasteiger partial charge in [0.25, 0.3) is 0 Å². The Morgan fingerprint density at radius 1 is 0.840 bits per heavy atom. The van der Waals surface area contributed by atoms with Gasteiger partial charge in [0.1, 0.15) is 0 Å². The molecule has 0 heterocycles. The van der Waals surface area contributed by atoms with Gasteiger partial charge in [0.2, 0.25) is 0 Å². The molecule has 0 unspecified atom stereocenters. The van der Waals surface area contributed by atoms with Crippen LogP contribution in [0.25, 0.3) is 22.3 Å². The summed E-state index contributed by atoms with van der Waals surface area (Å²) in [5.41, 5.74) is 3.54. The maximum atomic E-state index is 13.7. The molecule has 0 N–H and O–H groups in total. The van der Waals surface area contributed by atoms with Crippen LogP contribution in [-0.4, -0.2) is 21.8 Å².